The first-order valence-electron chi connectivity index (χ1n) is 4.55. The third kappa shape index (κ3) is 2.01. The number of fused-ring (bicyclic) bond motifs is 1. The monoisotopic (exact) mass is 256 g/mol. The Bertz CT molecular complexity index is 553. The number of aryl methyl sites for hydroxylation is 1. The van der Waals surface area contributed by atoms with E-state index in [2.05, 4.69) is 4.98 Å². The SMILES string of the molecule is Cn1c(SCC(=O)O)nc2c(Cl)cccc21. The van der Waals surface area contributed by atoms with Crippen molar-refractivity contribution in [2.24, 2.45) is 7.05 Å². The van der Waals surface area contributed by atoms with Crippen LogP contribution in [0.4, 0.5) is 0 Å². The van der Waals surface area contributed by atoms with E-state index in [0.717, 1.165) is 5.52 Å². The minimum atomic E-state index is -0.858. The van der Waals surface area contributed by atoms with Crippen molar-refractivity contribution >= 4 is 40.4 Å². The fourth-order valence-corrected chi connectivity index (χ4v) is 2.33. The Morgan fingerprint density at radius 2 is 2.38 bits per heavy atom. The minimum absolute atomic E-state index is 0.00518. The van der Waals surface area contributed by atoms with E-state index < -0.39 is 5.97 Å². The van der Waals surface area contributed by atoms with Gasteiger partial charge in [-0.2, -0.15) is 0 Å². The average Bonchev–Trinajstić information content (AvgIpc) is 2.55. The molecule has 0 amide bonds. The molecule has 1 heterocycles. The van der Waals surface area contributed by atoms with Crippen LogP contribution in [0.5, 0.6) is 0 Å². The summed E-state index contributed by atoms with van der Waals surface area (Å²) in [6.07, 6.45) is 0. The molecule has 0 unspecified atom stereocenters. The minimum Gasteiger partial charge on any atom is -0.481 e. The van der Waals surface area contributed by atoms with Crippen LogP contribution in [0.25, 0.3) is 11.0 Å². The number of nitrogens with zero attached hydrogens (tertiary/aromatic N) is 2. The maximum Gasteiger partial charge on any atom is 0.313 e. The Labute approximate surface area is 101 Å². The van der Waals surface area contributed by atoms with Gasteiger partial charge in [0.05, 0.1) is 16.3 Å². The first-order valence-corrected chi connectivity index (χ1v) is 5.91. The molecule has 4 nitrogen and oxygen atoms in total. The number of aliphatic carboxylic acids is 1. The van der Waals surface area contributed by atoms with Crippen LogP contribution in [0.1, 0.15) is 0 Å². The Kier molecular flexibility index (Phi) is 3.07. The lowest BCUT2D eigenvalue weighted by molar-refractivity contribution is -0.133. The topological polar surface area (TPSA) is 55.1 Å². The lowest BCUT2D eigenvalue weighted by atomic mass is 10.3. The van der Waals surface area contributed by atoms with Crippen molar-refractivity contribution in [2.75, 3.05) is 5.75 Å². The molecule has 0 saturated carbocycles. The van der Waals surface area contributed by atoms with Crippen molar-refractivity contribution in [1.29, 1.82) is 0 Å². The van der Waals surface area contributed by atoms with Crippen LogP contribution in [-0.4, -0.2) is 26.4 Å². The maximum absolute atomic E-state index is 10.5. The summed E-state index contributed by atoms with van der Waals surface area (Å²) in [7, 11) is 1.84. The van der Waals surface area contributed by atoms with Gasteiger partial charge in [0.2, 0.25) is 0 Å². The molecule has 1 aromatic carbocycles. The van der Waals surface area contributed by atoms with Crippen molar-refractivity contribution in [3.05, 3.63) is 23.2 Å². The van der Waals surface area contributed by atoms with Crippen LogP contribution in [0.15, 0.2) is 23.4 Å². The molecule has 2 rings (SSSR count). The van der Waals surface area contributed by atoms with Gasteiger partial charge in [-0.15, -0.1) is 0 Å². The summed E-state index contributed by atoms with van der Waals surface area (Å²) >= 11 is 7.19. The number of aromatic nitrogens is 2. The number of rotatable bonds is 3. The Morgan fingerprint density at radius 3 is 3.00 bits per heavy atom. The summed E-state index contributed by atoms with van der Waals surface area (Å²) < 4.78 is 1.84. The van der Waals surface area contributed by atoms with E-state index >= 15 is 0 Å². The molecule has 6 heteroatoms. The molecule has 84 valence electrons. The molecule has 16 heavy (non-hydrogen) atoms. The van der Waals surface area contributed by atoms with E-state index in [1.165, 1.54) is 11.8 Å². The Morgan fingerprint density at radius 1 is 1.62 bits per heavy atom. The molecule has 0 aliphatic heterocycles. The molecule has 0 aliphatic rings. The van der Waals surface area contributed by atoms with Crippen molar-refractivity contribution in [3.63, 3.8) is 0 Å². The lowest BCUT2D eigenvalue weighted by Gasteiger charge is -1.99. The summed E-state index contributed by atoms with van der Waals surface area (Å²) in [5, 5.41) is 9.85. The fraction of sp³-hybridized carbons (Fsp3) is 0.200. The number of hydrogen-bond donors (Lipinski definition) is 1. The molecule has 0 spiro atoms. The van der Waals surface area contributed by atoms with E-state index in [-0.39, 0.29) is 5.75 Å². The third-order valence-corrected chi connectivity index (χ3v) is 3.47. The van der Waals surface area contributed by atoms with Crippen LogP contribution in [0.3, 0.4) is 0 Å². The fourth-order valence-electron chi connectivity index (χ4n) is 1.41. The van der Waals surface area contributed by atoms with Gasteiger partial charge in [-0.3, -0.25) is 4.79 Å². The molecule has 0 fully saturated rings. The molecular formula is C10H9ClN2O2S. The first kappa shape index (κ1) is 11.3. The van der Waals surface area contributed by atoms with Gasteiger partial charge >= 0.3 is 5.97 Å². The zero-order valence-electron chi connectivity index (χ0n) is 8.48. The van der Waals surface area contributed by atoms with Gasteiger partial charge in [0.25, 0.3) is 0 Å². The molecule has 1 aromatic heterocycles. The van der Waals surface area contributed by atoms with Crippen LogP contribution in [-0.2, 0) is 11.8 Å². The van der Waals surface area contributed by atoms with Crippen LogP contribution in [0, 0.1) is 0 Å². The largest absolute Gasteiger partial charge is 0.481 e. The van der Waals surface area contributed by atoms with Crippen LogP contribution in [0.2, 0.25) is 5.02 Å². The van der Waals surface area contributed by atoms with Gasteiger partial charge in [-0.25, -0.2) is 4.98 Å². The summed E-state index contributed by atoms with van der Waals surface area (Å²) in [5.74, 6) is -0.863. The highest BCUT2D eigenvalue weighted by atomic mass is 35.5. The number of carboxylic acid groups (broad SMARTS) is 1. The Balaban J connectivity index is 2.44. The van der Waals surface area contributed by atoms with E-state index in [1.807, 2.05) is 23.7 Å². The molecule has 2 aromatic rings. The van der Waals surface area contributed by atoms with Crippen molar-refractivity contribution in [1.82, 2.24) is 9.55 Å². The number of halogens is 1. The first-order chi connectivity index (χ1) is 7.59. The van der Waals surface area contributed by atoms with Gasteiger partial charge in [-0.1, -0.05) is 29.4 Å². The summed E-state index contributed by atoms with van der Waals surface area (Å²) in [4.78, 5) is 14.8. The van der Waals surface area contributed by atoms with E-state index in [9.17, 15) is 4.79 Å². The summed E-state index contributed by atoms with van der Waals surface area (Å²) in [6.45, 7) is 0. The molecule has 0 radical (unpaired) electrons. The molecule has 0 saturated heterocycles. The summed E-state index contributed by atoms with van der Waals surface area (Å²) in [6, 6.07) is 5.51. The number of hydrogen-bond acceptors (Lipinski definition) is 3. The number of para-hydroxylation sites is 1. The number of carbonyl (C=O) groups is 1. The van der Waals surface area contributed by atoms with Crippen molar-refractivity contribution < 1.29 is 9.90 Å². The van der Waals surface area contributed by atoms with Gasteiger partial charge in [0.1, 0.15) is 5.52 Å². The van der Waals surface area contributed by atoms with Gasteiger partial charge in [0.15, 0.2) is 5.16 Å². The highest BCUT2D eigenvalue weighted by Crippen LogP contribution is 2.27. The molecule has 0 aliphatic carbocycles. The smallest absolute Gasteiger partial charge is 0.313 e. The predicted octanol–water partition coefficient (Wildman–Crippen LogP) is 2.40. The molecular weight excluding hydrogens is 248 g/mol. The van der Waals surface area contributed by atoms with Gasteiger partial charge in [-0.05, 0) is 12.1 Å². The molecule has 0 bridgehead atoms. The average molecular weight is 257 g/mol. The highest BCUT2D eigenvalue weighted by molar-refractivity contribution is 7.99. The maximum atomic E-state index is 10.5. The number of carboxylic acids is 1. The van der Waals surface area contributed by atoms with Gasteiger partial charge in [0, 0.05) is 7.05 Å². The molecule has 0 atom stereocenters. The predicted molar refractivity (Wildman–Crippen MR) is 64.1 cm³/mol. The number of thioether (sulfide) groups is 1. The van der Waals surface area contributed by atoms with Gasteiger partial charge < -0.3 is 9.67 Å². The standard InChI is InChI=1S/C10H9ClN2O2S/c1-13-7-4-2-3-6(11)9(7)12-10(13)16-5-8(14)15/h2-4H,5H2,1H3,(H,14,15). The zero-order chi connectivity index (χ0) is 11.7. The second-order valence-electron chi connectivity index (χ2n) is 3.24. The highest BCUT2D eigenvalue weighted by Gasteiger charge is 2.11. The van der Waals surface area contributed by atoms with E-state index in [0.29, 0.717) is 15.7 Å². The lowest BCUT2D eigenvalue weighted by Crippen LogP contribution is -2.00. The quantitative estimate of drug-likeness (QED) is 0.857. The second-order valence-corrected chi connectivity index (χ2v) is 4.59. The summed E-state index contributed by atoms with van der Waals surface area (Å²) in [5.41, 5.74) is 1.61. The zero-order valence-corrected chi connectivity index (χ0v) is 10.0. The van der Waals surface area contributed by atoms with E-state index in [4.69, 9.17) is 16.7 Å². The third-order valence-electron chi connectivity index (χ3n) is 2.15. The second kappa shape index (κ2) is 4.35. The Hall–Kier alpha value is -1.20. The van der Waals surface area contributed by atoms with Crippen LogP contribution < -0.4 is 0 Å². The molecule has 1 N–H and O–H groups in total. The van der Waals surface area contributed by atoms with Crippen molar-refractivity contribution in [3.8, 4) is 0 Å². The van der Waals surface area contributed by atoms with E-state index in [1.54, 1.807) is 6.07 Å². The van der Waals surface area contributed by atoms with Crippen molar-refractivity contribution in [2.45, 2.75) is 5.16 Å². The van der Waals surface area contributed by atoms with Crippen LogP contribution >= 0.6 is 23.4 Å². The number of benzene rings is 1. The number of imidazole rings is 1. The normalized spacial score (nSPS) is 10.9.